The van der Waals surface area contributed by atoms with Gasteiger partial charge in [0.1, 0.15) is 6.42 Å². The quantitative estimate of drug-likeness (QED) is 0.772. The van der Waals surface area contributed by atoms with Crippen molar-refractivity contribution in [2.45, 2.75) is 19.9 Å². The Morgan fingerprint density at radius 1 is 1.24 bits per heavy atom. The zero-order chi connectivity index (χ0) is 12.4. The second-order valence-electron chi connectivity index (χ2n) is 3.94. The lowest BCUT2D eigenvalue weighted by Crippen LogP contribution is -2.52. The normalized spacial score (nSPS) is 16.1. The topological polar surface area (TPSA) is 66.5 Å². The smallest absolute Gasteiger partial charge is 0.277 e. The zero-order valence-corrected chi connectivity index (χ0v) is 9.40. The number of benzene rings is 1. The lowest BCUT2D eigenvalue weighted by molar-refractivity contribution is -0.136. The van der Waals surface area contributed by atoms with E-state index in [0.29, 0.717) is 0 Å². The van der Waals surface area contributed by atoms with Crippen molar-refractivity contribution in [3.8, 4) is 0 Å². The largest absolute Gasteiger partial charge is 0.331 e. The number of hydrogen-bond donors (Lipinski definition) is 1. The number of nitrogens with one attached hydrogen (secondary N) is 1. The Kier molecular flexibility index (Phi) is 2.91. The number of rotatable bonds is 2. The predicted octanol–water partition coefficient (Wildman–Crippen LogP) is 0.964. The lowest BCUT2D eigenvalue weighted by Gasteiger charge is -2.25. The molecular formula is C12H12N2O3. The highest BCUT2D eigenvalue weighted by Crippen LogP contribution is 2.13. The van der Waals surface area contributed by atoms with Gasteiger partial charge in [-0.05, 0) is 18.1 Å². The highest BCUT2D eigenvalue weighted by molar-refractivity contribution is 6.14. The standard InChI is InChI=1S/C12H12N2O3/c1-8-4-2-3-5-9(8)7-14-11(16)6-10(15)13-12(14)17/h2-5H,6-7H2,1H3,(H,13,15,17). The maximum absolute atomic E-state index is 11.6. The van der Waals surface area contributed by atoms with Crippen molar-refractivity contribution in [2.75, 3.05) is 0 Å². The molecule has 0 atom stereocenters. The molecule has 4 amide bonds. The molecule has 0 unspecified atom stereocenters. The number of imide groups is 2. The van der Waals surface area contributed by atoms with Crippen LogP contribution in [0.3, 0.4) is 0 Å². The van der Waals surface area contributed by atoms with E-state index in [1.54, 1.807) is 0 Å². The first-order valence-electron chi connectivity index (χ1n) is 5.26. The first kappa shape index (κ1) is 11.3. The fraction of sp³-hybridized carbons (Fsp3) is 0.250. The van der Waals surface area contributed by atoms with E-state index < -0.39 is 17.8 Å². The summed E-state index contributed by atoms with van der Waals surface area (Å²) in [6.07, 6.45) is -0.266. The van der Waals surface area contributed by atoms with Gasteiger partial charge in [0, 0.05) is 0 Å². The number of aryl methyl sites for hydroxylation is 1. The maximum atomic E-state index is 11.6. The van der Waals surface area contributed by atoms with Gasteiger partial charge in [0.15, 0.2) is 0 Å². The van der Waals surface area contributed by atoms with E-state index in [0.717, 1.165) is 16.0 Å². The third-order valence-corrected chi connectivity index (χ3v) is 2.69. The van der Waals surface area contributed by atoms with Gasteiger partial charge in [-0.25, -0.2) is 4.79 Å². The van der Waals surface area contributed by atoms with Crippen LogP contribution in [0.2, 0.25) is 0 Å². The van der Waals surface area contributed by atoms with Gasteiger partial charge in [-0.2, -0.15) is 0 Å². The number of urea groups is 1. The molecule has 1 fully saturated rings. The van der Waals surface area contributed by atoms with E-state index in [4.69, 9.17) is 0 Å². The van der Waals surface area contributed by atoms with Crippen LogP contribution in [0.15, 0.2) is 24.3 Å². The number of carbonyl (C=O) groups is 3. The summed E-state index contributed by atoms with van der Waals surface area (Å²) in [6, 6.07) is 6.86. The molecule has 1 saturated heterocycles. The van der Waals surface area contributed by atoms with Gasteiger partial charge in [-0.3, -0.25) is 19.8 Å². The third-order valence-electron chi connectivity index (χ3n) is 2.69. The minimum absolute atomic E-state index is 0.199. The molecule has 1 heterocycles. The summed E-state index contributed by atoms with van der Waals surface area (Å²) in [4.78, 5) is 35.1. The van der Waals surface area contributed by atoms with E-state index in [2.05, 4.69) is 5.32 Å². The van der Waals surface area contributed by atoms with Crippen molar-refractivity contribution < 1.29 is 14.4 Å². The molecule has 0 spiro atoms. The average Bonchev–Trinajstić information content (AvgIpc) is 2.25. The second kappa shape index (κ2) is 4.37. The van der Waals surface area contributed by atoms with Crippen LogP contribution in [0.25, 0.3) is 0 Å². The Labute approximate surface area is 98.4 Å². The monoisotopic (exact) mass is 232 g/mol. The van der Waals surface area contributed by atoms with Gasteiger partial charge in [0.2, 0.25) is 11.8 Å². The molecule has 17 heavy (non-hydrogen) atoms. The molecule has 5 nitrogen and oxygen atoms in total. The third kappa shape index (κ3) is 2.33. The van der Waals surface area contributed by atoms with Crippen molar-refractivity contribution in [1.29, 1.82) is 0 Å². The summed E-state index contributed by atoms with van der Waals surface area (Å²) >= 11 is 0. The molecule has 0 saturated carbocycles. The van der Waals surface area contributed by atoms with Crippen molar-refractivity contribution in [2.24, 2.45) is 0 Å². The maximum Gasteiger partial charge on any atom is 0.331 e. The SMILES string of the molecule is Cc1ccccc1CN1C(=O)CC(=O)NC1=O. The zero-order valence-electron chi connectivity index (χ0n) is 9.40. The van der Waals surface area contributed by atoms with Gasteiger partial charge in [0.25, 0.3) is 0 Å². The molecule has 0 bridgehead atoms. The molecule has 1 aliphatic rings. The van der Waals surface area contributed by atoms with Gasteiger partial charge in [0.05, 0.1) is 6.54 Å². The van der Waals surface area contributed by atoms with Gasteiger partial charge in [-0.1, -0.05) is 24.3 Å². The van der Waals surface area contributed by atoms with E-state index in [1.165, 1.54) is 0 Å². The fourth-order valence-corrected chi connectivity index (χ4v) is 1.69. The molecule has 88 valence electrons. The highest BCUT2D eigenvalue weighted by atomic mass is 16.2. The second-order valence-corrected chi connectivity index (χ2v) is 3.94. The molecule has 1 aromatic rings. The van der Waals surface area contributed by atoms with Gasteiger partial charge in [-0.15, -0.1) is 0 Å². The number of carbonyl (C=O) groups excluding carboxylic acids is 3. The van der Waals surface area contributed by atoms with E-state index in [9.17, 15) is 14.4 Å². The molecule has 0 aliphatic carbocycles. The van der Waals surface area contributed by atoms with Crippen LogP contribution < -0.4 is 5.32 Å². The molecule has 1 aliphatic heterocycles. The molecular weight excluding hydrogens is 220 g/mol. The molecule has 2 rings (SSSR count). The first-order valence-corrected chi connectivity index (χ1v) is 5.26. The predicted molar refractivity (Wildman–Crippen MR) is 59.9 cm³/mol. The van der Waals surface area contributed by atoms with Crippen LogP contribution in [0.1, 0.15) is 17.5 Å². The Morgan fingerprint density at radius 3 is 2.59 bits per heavy atom. The minimum atomic E-state index is -0.644. The summed E-state index contributed by atoms with van der Waals surface area (Å²) in [6.45, 7) is 2.11. The number of barbiturate groups is 1. The van der Waals surface area contributed by atoms with Crippen LogP contribution >= 0.6 is 0 Å². The van der Waals surface area contributed by atoms with Gasteiger partial charge >= 0.3 is 6.03 Å². The summed E-state index contributed by atoms with van der Waals surface area (Å²) < 4.78 is 0. The molecule has 0 aromatic heterocycles. The summed E-state index contributed by atoms with van der Waals surface area (Å²) in [5.41, 5.74) is 1.90. The van der Waals surface area contributed by atoms with Crippen molar-refractivity contribution in [1.82, 2.24) is 10.2 Å². The Morgan fingerprint density at radius 2 is 1.94 bits per heavy atom. The van der Waals surface area contributed by atoms with Crippen molar-refractivity contribution >= 4 is 17.8 Å². The van der Waals surface area contributed by atoms with Crippen LogP contribution in [0.5, 0.6) is 0 Å². The number of nitrogens with zero attached hydrogens (tertiary/aromatic N) is 1. The fourth-order valence-electron chi connectivity index (χ4n) is 1.69. The van der Waals surface area contributed by atoms with Crippen molar-refractivity contribution in [3.63, 3.8) is 0 Å². The van der Waals surface area contributed by atoms with Crippen molar-refractivity contribution in [3.05, 3.63) is 35.4 Å². The summed E-state index contributed by atoms with van der Waals surface area (Å²) in [7, 11) is 0. The minimum Gasteiger partial charge on any atom is -0.277 e. The number of amides is 4. The first-order chi connectivity index (χ1) is 8.08. The highest BCUT2D eigenvalue weighted by Gasteiger charge is 2.30. The van der Waals surface area contributed by atoms with E-state index in [-0.39, 0.29) is 13.0 Å². The average molecular weight is 232 g/mol. The van der Waals surface area contributed by atoms with Gasteiger partial charge < -0.3 is 0 Å². The molecule has 1 aromatic carbocycles. The number of hydrogen-bond acceptors (Lipinski definition) is 3. The Balaban J connectivity index is 2.19. The van der Waals surface area contributed by atoms with Crippen LogP contribution in [0.4, 0.5) is 4.79 Å². The lowest BCUT2D eigenvalue weighted by atomic mass is 10.1. The van der Waals surface area contributed by atoms with E-state index >= 15 is 0 Å². The van der Waals surface area contributed by atoms with Crippen LogP contribution in [0, 0.1) is 6.92 Å². The molecule has 0 radical (unpaired) electrons. The van der Waals surface area contributed by atoms with Crippen LogP contribution in [-0.4, -0.2) is 22.7 Å². The van der Waals surface area contributed by atoms with Crippen LogP contribution in [-0.2, 0) is 16.1 Å². The molecule has 1 N–H and O–H groups in total. The van der Waals surface area contributed by atoms with E-state index in [1.807, 2.05) is 31.2 Å². The Hall–Kier alpha value is -2.17. The molecule has 5 heteroatoms. The Bertz CT molecular complexity index is 476. The summed E-state index contributed by atoms with van der Waals surface area (Å²) in [5.74, 6) is -0.997. The summed E-state index contributed by atoms with van der Waals surface area (Å²) in [5, 5.41) is 2.13.